The van der Waals surface area contributed by atoms with Crippen LogP contribution in [0.3, 0.4) is 0 Å². The lowest BCUT2D eigenvalue weighted by Gasteiger charge is -2.32. The fourth-order valence-corrected chi connectivity index (χ4v) is 4.34. The van der Waals surface area contributed by atoms with E-state index in [9.17, 15) is 0 Å². The first kappa shape index (κ1) is 21.0. The second kappa shape index (κ2) is 9.35. The molecule has 0 bridgehead atoms. The molecule has 0 spiro atoms. The van der Waals surface area contributed by atoms with Gasteiger partial charge in [-0.1, -0.05) is 6.07 Å². The quantitative estimate of drug-likeness (QED) is 0.606. The van der Waals surface area contributed by atoms with Gasteiger partial charge in [-0.2, -0.15) is 5.26 Å². The van der Waals surface area contributed by atoms with Crippen LogP contribution in [0.4, 0.5) is 11.5 Å². The maximum absolute atomic E-state index is 8.90. The van der Waals surface area contributed by atoms with Gasteiger partial charge in [0.1, 0.15) is 23.3 Å². The van der Waals surface area contributed by atoms with Gasteiger partial charge in [0.2, 0.25) is 6.79 Å². The van der Waals surface area contributed by atoms with Gasteiger partial charge in [-0.15, -0.1) is 0 Å². The van der Waals surface area contributed by atoms with Crippen LogP contribution in [-0.4, -0.2) is 41.9 Å². The van der Waals surface area contributed by atoms with E-state index in [1.54, 1.807) is 19.4 Å². The highest BCUT2D eigenvalue weighted by molar-refractivity contribution is 5.55. The second-order valence-corrected chi connectivity index (χ2v) is 8.18. The largest absolute Gasteiger partial charge is 0.496 e. The van der Waals surface area contributed by atoms with Crippen LogP contribution in [0.25, 0.3) is 0 Å². The molecule has 0 amide bonds. The van der Waals surface area contributed by atoms with Gasteiger partial charge < -0.3 is 19.5 Å². The van der Waals surface area contributed by atoms with E-state index in [-0.39, 0.29) is 6.79 Å². The Morgan fingerprint density at radius 3 is 2.70 bits per heavy atom. The average Bonchev–Trinajstić information content (AvgIpc) is 3.32. The lowest BCUT2D eigenvalue weighted by atomic mass is 9.92. The van der Waals surface area contributed by atoms with E-state index in [4.69, 9.17) is 24.5 Å². The van der Waals surface area contributed by atoms with E-state index in [1.165, 1.54) is 0 Å². The molecule has 1 N–H and O–H groups in total. The molecule has 5 rings (SSSR count). The maximum atomic E-state index is 8.90. The van der Waals surface area contributed by atoms with Crippen molar-refractivity contribution >= 4 is 11.5 Å². The highest BCUT2D eigenvalue weighted by Crippen LogP contribution is 2.39. The van der Waals surface area contributed by atoms with Crippen LogP contribution in [0.5, 0.6) is 17.2 Å². The van der Waals surface area contributed by atoms with E-state index >= 15 is 0 Å². The van der Waals surface area contributed by atoms with Gasteiger partial charge in [0.05, 0.1) is 19.0 Å². The first-order valence-corrected chi connectivity index (χ1v) is 11.0. The zero-order chi connectivity index (χ0) is 22.6. The SMILES string of the molecule is COc1cc2c(cc1CN1CCC(c3cccc(Nc4ccc(C#N)nc4)n3)CC1)OCO2. The van der Waals surface area contributed by atoms with Crippen LogP contribution in [0.1, 0.15) is 35.7 Å². The van der Waals surface area contributed by atoms with Crippen LogP contribution >= 0.6 is 0 Å². The van der Waals surface area contributed by atoms with E-state index in [1.807, 2.05) is 36.4 Å². The fraction of sp³-hybridized carbons (Fsp3) is 0.320. The number of methoxy groups -OCH3 is 1. The molecule has 8 nitrogen and oxygen atoms in total. The summed E-state index contributed by atoms with van der Waals surface area (Å²) in [4.78, 5) is 11.4. The number of piperidine rings is 1. The molecule has 3 aromatic rings. The number of nitrogens with one attached hydrogen (secondary N) is 1. The molecule has 1 aromatic carbocycles. The number of hydrogen-bond donors (Lipinski definition) is 1. The summed E-state index contributed by atoms with van der Waals surface area (Å²) in [6.07, 6.45) is 3.74. The van der Waals surface area contributed by atoms with Crippen molar-refractivity contribution in [2.24, 2.45) is 0 Å². The molecule has 0 saturated carbocycles. The number of nitriles is 1. The molecule has 4 heterocycles. The minimum absolute atomic E-state index is 0.260. The third-order valence-electron chi connectivity index (χ3n) is 6.10. The van der Waals surface area contributed by atoms with Gasteiger partial charge in [0.15, 0.2) is 11.5 Å². The van der Waals surface area contributed by atoms with Crippen LogP contribution in [0.15, 0.2) is 48.7 Å². The summed E-state index contributed by atoms with van der Waals surface area (Å²) in [6, 6.07) is 15.6. The number of pyridine rings is 2. The summed E-state index contributed by atoms with van der Waals surface area (Å²) >= 11 is 0. The molecule has 2 aromatic heterocycles. The third kappa shape index (κ3) is 4.69. The van der Waals surface area contributed by atoms with Gasteiger partial charge in [-0.25, -0.2) is 9.97 Å². The monoisotopic (exact) mass is 443 g/mol. The molecule has 33 heavy (non-hydrogen) atoms. The molecule has 0 radical (unpaired) electrons. The third-order valence-corrected chi connectivity index (χ3v) is 6.10. The van der Waals surface area contributed by atoms with Crippen molar-refractivity contribution in [1.29, 1.82) is 5.26 Å². The zero-order valence-corrected chi connectivity index (χ0v) is 18.5. The standard InChI is InChI=1S/C25H25N5O3/c1-31-22-12-24-23(32-16-33-24)11-18(22)15-30-9-7-17(8-10-30)21-3-2-4-25(29-21)28-20-6-5-19(13-26)27-14-20/h2-6,11-12,14,17H,7-10,15-16H2,1H3,(H,28,29). The second-order valence-electron chi connectivity index (χ2n) is 8.18. The Labute approximate surface area is 192 Å². The number of likely N-dealkylation sites (tertiary alicyclic amines) is 1. The molecule has 2 aliphatic rings. The zero-order valence-electron chi connectivity index (χ0n) is 18.5. The molecular weight excluding hydrogens is 418 g/mol. The summed E-state index contributed by atoms with van der Waals surface area (Å²) in [5.41, 5.74) is 3.42. The van der Waals surface area contributed by atoms with Crippen molar-refractivity contribution in [3.8, 4) is 23.3 Å². The van der Waals surface area contributed by atoms with Crippen molar-refractivity contribution in [2.45, 2.75) is 25.3 Å². The van der Waals surface area contributed by atoms with Crippen molar-refractivity contribution in [1.82, 2.24) is 14.9 Å². The predicted molar refractivity (Wildman–Crippen MR) is 123 cm³/mol. The summed E-state index contributed by atoms with van der Waals surface area (Å²) in [6.45, 7) is 3.05. The number of hydrogen-bond acceptors (Lipinski definition) is 8. The average molecular weight is 444 g/mol. The number of aromatic nitrogens is 2. The molecule has 0 aliphatic carbocycles. The molecule has 0 unspecified atom stereocenters. The molecule has 1 fully saturated rings. The smallest absolute Gasteiger partial charge is 0.231 e. The molecule has 1 saturated heterocycles. The Morgan fingerprint density at radius 1 is 1.15 bits per heavy atom. The van der Waals surface area contributed by atoms with Crippen molar-refractivity contribution in [3.63, 3.8) is 0 Å². The fourth-order valence-electron chi connectivity index (χ4n) is 4.34. The number of anilines is 2. The lowest BCUT2D eigenvalue weighted by Crippen LogP contribution is -2.32. The van der Waals surface area contributed by atoms with Gasteiger partial charge in [0, 0.05) is 29.8 Å². The van der Waals surface area contributed by atoms with E-state index in [0.29, 0.717) is 11.6 Å². The summed E-state index contributed by atoms with van der Waals surface area (Å²) in [5.74, 6) is 3.56. The van der Waals surface area contributed by atoms with Crippen molar-refractivity contribution in [2.75, 3.05) is 32.3 Å². The van der Waals surface area contributed by atoms with Crippen LogP contribution in [-0.2, 0) is 6.54 Å². The minimum Gasteiger partial charge on any atom is -0.496 e. The molecule has 8 heteroatoms. The summed E-state index contributed by atoms with van der Waals surface area (Å²) < 4.78 is 16.6. The Morgan fingerprint density at radius 2 is 1.97 bits per heavy atom. The highest BCUT2D eigenvalue weighted by Gasteiger charge is 2.24. The van der Waals surface area contributed by atoms with Crippen molar-refractivity contribution < 1.29 is 14.2 Å². The molecule has 168 valence electrons. The van der Waals surface area contributed by atoms with E-state index in [2.05, 4.69) is 21.3 Å². The Balaban J connectivity index is 1.21. The number of nitrogens with zero attached hydrogens (tertiary/aromatic N) is 4. The first-order chi connectivity index (χ1) is 16.2. The molecular formula is C25H25N5O3. The van der Waals surface area contributed by atoms with E-state index in [0.717, 1.165) is 72.5 Å². The summed E-state index contributed by atoms with van der Waals surface area (Å²) in [5, 5.41) is 12.2. The molecule has 2 aliphatic heterocycles. The van der Waals surface area contributed by atoms with E-state index < -0.39 is 0 Å². The topological polar surface area (TPSA) is 92.5 Å². The number of fused-ring (bicyclic) bond motifs is 1. The Bertz CT molecular complexity index is 1170. The Kier molecular flexibility index (Phi) is 5.96. The highest BCUT2D eigenvalue weighted by atomic mass is 16.7. The Hall–Kier alpha value is -3.83. The van der Waals surface area contributed by atoms with Gasteiger partial charge in [0.25, 0.3) is 0 Å². The van der Waals surface area contributed by atoms with Crippen LogP contribution in [0.2, 0.25) is 0 Å². The normalized spacial score (nSPS) is 15.8. The predicted octanol–water partition coefficient (Wildman–Crippen LogP) is 4.21. The number of rotatable bonds is 6. The minimum atomic E-state index is 0.260. The van der Waals surface area contributed by atoms with Gasteiger partial charge >= 0.3 is 0 Å². The van der Waals surface area contributed by atoms with Crippen molar-refractivity contribution in [3.05, 3.63) is 65.6 Å². The van der Waals surface area contributed by atoms with Crippen LogP contribution in [0, 0.1) is 11.3 Å². The number of benzene rings is 1. The molecule has 0 atom stereocenters. The van der Waals surface area contributed by atoms with Gasteiger partial charge in [-0.05, 0) is 56.3 Å². The van der Waals surface area contributed by atoms with Crippen LogP contribution < -0.4 is 19.5 Å². The lowest BCUT2D eigenvalue weighted by molar-refractivity contribution is 0.173. The summed E-state index contributed by atoms with van der Waals surface area (Å²) in [7, 11) is 1.69. The number of ether oxygens (including phenoxy) is 3. The van der Waals surface area contributed by atoms with Gasteiger partial charge in [-0.3, -0.25) is 4.90 Å². The first-order valence-electron chi connectivity index (χ1n) is 11.0. The maximum Gasteiger partial charge on any atom is 0.231 e.